The summed E-state index contributed by atoms with van der Waals surface area (Å²) in [4.78, 5) is 33.1. The highest BCUT2D eigenvalue weighted by Crippen LogP contribution is 2.31. The van der Waals surface area contributed by atoms with Gasteiger partial charge in [-0.05, 0) is 49.2 Å². The number of hydrogen-bond acceptors (Lipinski definition) is 8. The Labute approximate surface area is 202 Å². The molecule has 3 heterocycles. The maximum atomic E-state index is 13.6. The van der Waals surface area contributed by atoms with E-state index in [1.54, 1.807) is 29.3 Å². The Morgan fingerprint density at radius 3 is 2.71 bits per heavy atom. The highest BCUT2D eigenvalue weighted by molar-refractivity contribution is 6.33. The van der Waals surface area contributed by atoms with E-state index in [9.17, 15) is 9.90 Å². The number of amidine groups is 1. The van der Waals surface area contributed by atoms with Gasteiger partial charge < -0.3 is 16.2 Å². The van der Waals surface area contributed by atoms with Crippen molar-refractivity contribution in [1.29, 1.82) is 0 Å². The lowest BCUT2D eigenvalue weighted by atomic mass is 10.0. The van der Waals surface area contributed by atoms with Crippen molar-refractivity contribution in [1.82, 2.24) is 9.97 Å². The zero-order chi connectivity index (χ0) is 24.5. The molecule has 0 aliphatic carbocycles. The van der Waals surface area contributed by atoms with E-state index >= 15 is 0 Å². The number of carbonyl (C=O) groups excluding carboxylic acids is 1. The van der Waals surface area contributed by atoms with E-state index in [1.807, 2.05) is 50.2 Å². The van der Waals surface area contributed by atoms with Gasteiger partial charge in [0, 0.05) is 23.9 Å². The standard InChI is InChI=1S/C26H25N7O2/c1-15-13-28-24-21(15)26(35)33(18-8-4-3-5-9-18)25(32-24)16(2)31-23-20(22(27)29-14-30-23)12-17-7-6-10-19(34)11-17/h3-11,13-14,16,25,34H,12H2,1-2H3,(H3,27,29,30,31)/t16?,25-/m0/s1. The molecule has 1 aromatic heterocycles. The number of nitrogens with zero attached hydrogens (tertiary/aromatic N) is 5. The number of carbonyl (C=O) groups is 1. The molecule has 5 rings (SSSR count). The van der Waals surface area contributed by atoms with E-state index in [0.29, 0.717) is 35.0 Å². The van der Waals surface area contributed by atoms with Crippen LogP contribution in [0.15, 0.2) is 82.1 Å². The molecule has 0 radical (unpaired) electrons. The lowest BCUT2D eigenvalue weighted by Gasteiger charge is -2.37. The quantitative estimate of drug-likeness (QED) is 0.510. The van der Waals surface area contributed by atoms with Crippen molar-refractivity contribution in [2.45, 2.75) is 32.5 Å². The first-order valence-electron chi connectivity index (χ1n) is 11.3. The first-order valence-corrected chi connectivity index (χ1v) is 11.3. The monoisotopic (exact) mass is 467 g/mol. The van der Waals surface area contributed by atoms with Crippen LogP contribution in [-0.4, -0.2) is 45.2 Å². The smallest absolute Gasteiger partial charge is 0.264 e. The SMILES string of the molecule is CC1=C2C(=O)N(c3ccccc3)[C@@H](C(C)Nc3ncnc(N)c3Cc3cccc(O)c3)N=C2N=C1. The van der Waals surface area contributed by atoms with Gasteiger partial charge in [0.05, 0.1) is 11.6 Å². The van der Waals surface area contributed by atoms with E-state index in [2.05, 4.69) is 20.3 Å². The number of nitrogens with two attached hydrogens (primary N) is 1. The second kappa shape index (κ2) is 9.02. The average Bonchev–Trinajstić information content (AvgIpc) is 3.22. The molecule has 0 spiro atoms. The third kappa shape index (κ3) is 4.23. The highest BCUT2D eigenvalue weighted by Gasteiger charge is 2.40. The molecule has 2 aliphatic rings. The fraction of sp³-hybridized carbons (Fsp3) is 0.192. The number of nitrogen functional groups attached to an aromatic ring is 1. The van der Waals surface area contributed by atoms with Crippen molar-refractivity contribution in [2.24, 2.45) is 9.98 Å². The summed E-state index contributed by atoms with van der Waals surface area (Å²) in [5.74, 6) is 1.36. The van der Waals surface area contributed by atoms with Gasteiger partial charge in [0.15, 0.2) is 12.0 Å². The molecule has 0 saturated carbocycles. The lowest BCUT2D eigenvalue weighted by molar-refractivity contribution is -0.115. The van der Waals surface area contributed by atoms with Crippen molar-refractivity contribution in [2.75, 3.05) is 16.0 Å². The van der Waals surface area contributed by atoms with Crippen LogP contribution < -0.4 is 16.0 Å². The number of aromatic nitrogens is 2. The number of rotatable bonds is 6. The normalized spacial score (nSPS) is 17.9. The molecule has 9 heteroatoms. The Balaban J connectivity index is 1.50. The number of amides is 1. The van der Waals surface area contributed by atoms with Gasteiger partial charge in [0.1, 0.15) is 23.7 Å². The van der Waals surface area contributed by atoms with Gasteiger partial charge >= 0.3 is 0 Å². The van der Waals surface area contributed by atoms with Crippen LogP contribution in [-0.2, 0) is 11.2 Å². The minimum atomic E-state index is -0.573. The fourth-order valence-electron chi connectivity index (χ4n) is 4.33. The van der Waals surface area contributed by atoms with Gasteiger partial charge in [-0.1, -0.05) is 30.3 Å². The van der Waals surface area contributed by atoms with Crippen LogP contribution in [0.2, 0.25) is 0 Å². The molecule has 35 heavy (non-hydrogen) atoms. The molecule has 0 bridgehead atoms. The van der Waals surface area contributed by atoms with Gasteiger partial charge in [0.25, 0.3) is 5.91 Å². The number of benzene rings is 2. The second-order valence-corrected chi connectivity index (χ2v) is 8.56. The number of aliphatic imine (C=N–C) groups is 2. The summed E-state index contributed by atoms with van der Waals surface area (Å²) in [6.45, 7) is 3.80. The molecular weight excluding hydrogens is 442 g/mol. The van der Waals surface area contributed by atoms with Crippen molar-refractivity contribution >= 4 is 35.3 Å². The number of para-hydroxylation sites is 1. The predicted octanol–water partition coefficient (Wildman–Crippen LogP) is 3.33. The molecule has 2 aliphatic heterocycles. The van der Waals surface area contributed by atoms with Gasteiger partial charge in [0.2, 0.25) is 0 Å². The number of fused-ring (bicyclic) bond motifs is 1. The first kappa shape index (κ1) is 22.3. The number of aromatic hydroxyl groups is 1. The van der Waals surface area contributed by atoms with Gasteiger partial charge in [-0.2, -0.15) is 0 Å². The maximum Gasteiger partial charge on any atom is 0.264 e. The van der Waals surface area contributed by atoms with Crippen LogP contribution in [0.3, 0.4) is 0 Å². The molecule has 4 N–H and O–H groups in total. The molecule has 0 saturated heterocycles. The van der Waals surface area contributed by atoms with Crippen LogP contribution in [0.5, 0.6) is 5.75 Å². The van der Waals surface area contributed by atoms with E-state index in [0.717, 1.165) is 16.8 Å². The Morgan fingerprint density at radius 2 is 1.94 bits per heavy atom. The summed E-state index contributed by atoms with van der Waals surface area (Å²) in [7, 11) is 0. The highest BCUT2D eigenvalue weighted by atomic mass is 16.3. The number of nitrogens with one attached hydrogen (secondary N) is 1. The van der Waals surface area contributed by atoms with E-state index < -0.39 is 6.17 Å². The lowest BCUT2D eigenvalue weighted by Crippen LogP contribution is -2.52. The topological polar surface area (TPSA) is 129 Å². The van der Waals surface area contributed by atoms with Crippen LogP contribution >= 0.6 is 0 Å². The molecule has 9 nitrogen and oxygen atoms in total. The van der Waals surface area contributed by atoms with Crippen LogP contribution in [0.1, 0.15) is 25.0 Å². The molecule has 1 unspecified atom stereocenters. The molecule has 2 atom stereocenters. The molecule has 1 amide bonds. The number of anilines is 3. The Bertz CT molecular complexity index is 1380. The Hall–Kier alpha value is -4.53. The first-order chi connectivity index (χ1) is 16.9. The second-order valence-electron chi connectivity index (χ2n) is 8.56. The summed E-state index contributed by atoms with van der Waals surface area (Å²) in [5.41, 5.74) is 9.84. The molecule has 2 aromatic carbocycles. The summed E-state index contributed by atoms with van der Waals surface area (Å²) >= 11 is 0. The summed E-state index contributed by atoms with van der Waals surface area (Å²) < 4.78 is 0. The van der Waals surface area contributed by atoms with Gasteiger partial charge in [-0.3, -0.25) is 9.69 Å². The Kier molecular flexibility index (Phi) is 5.74. The minimum Gasteiger partial charge on any atom is -0.508 e. The molecule has 0 fully saturated rings. The third-order valence-electron chi connectivity index (χ3n) is 6.07. The maximum absolute atomic E-state index is 13.6. The average molecular weight is 468 g/mol. The predicted molar refractivity (Wildman–Crippen MR) is 137 cm³/mol. The van der Waals surface area contributed by atoms with E-state index in [-0.39, 0.29) is 17.7 Å². The summed E-state index contributed by atoms with van der Waals surface area (Å²) in [6, 6.07) is 16.1. The summed E-state index contributed by atoms with van der Waals surface area (Å²) in [6.07, 6.45) is 2.92. The van der Waals surface area contributed by atoms with Gasteiger partial charge in [-0.25, -0.2) is 20.0 Å². The zero-order valence-electron chi connectivity index (χ0n) is 19.4. The van der Waals surface area contributed by atoms with Crippen molar-refractivity contribution < 1.29 is 9.90 Å². The molecule has 176 valence electrons. The number of phenolic OH excluding ortho intramolecular Hbond substituents is 1. The van der Waals surface area contributed by atoms with E-state index in [4.69, 9.17) is 10.7 Å². The van der Waals surface area contributed by atoms with Crippen LogP contribution in [0.4, 0.5) is 17.3 Å². The van der Waals surface area contributed by atoms with Crippen molar-refractivity contribution in [3.63, 3.8) is 0 Å². The van der Waals surface area contributed by atoms with Gasteiger partial charge in [-0.15, -0.1) is 0 Å². The minimum absolute atomic E-state index is 0.142. The summed E-state index contributed by atoms with van der Waals surface area (Å²) in [5, 5.41) is 13.3. The Morgan fingerprint density at radius 1 is 1.14 bits per heavy atom. The number of hydrogen-bond donors (Lipinski definition) is 3. The molecular formula is C26H25N7O2. The fourth-order valence-corrected chi connectivity index (χ4v) is 4.33. The van der Waals surface area contributed by atoms with Crippen molar-refractivity contribution in [3.05, 3.63) is 83.2 Å². The molecule has 3 aromatic rings. The van der Waals surface area contributed by atoms with Crippen LogP contribution in [0, 0.1) is 0 Å². The largest absolute Gasteiger partial charge is 0.508 e. The number of allylic oxidation sites excluding steroid dienone is 1. The third-order valence-corrected chi connectivity index (χ3v) is 6.07. The van der Waals surface area contributed by atoms with Crippen molar-refractivity contribution in [3.8, 4) is 5.75 Å². The van der Waals surface area contributed by atoms with E-state index in [1.165, 1.54) is 6.33 Å². The van der Waals surface area contributed by atoms with Crippen LogP contribution in [0.25, 0.3) is 0 Å². The zero-order valence-corrected chi connectivity index (χ0v) is 19.4. The number of phenols is 1.